The molecule has 10 rings (SSSR count). The van der Waals surface area contributed by atoms with Crippen molar-refractivity contribution >= 4 is 0 Å². The molecule has 6 aliphatic carbocycles. The first-order valence-electron chi connectivity index (χ1n) is 23.3. The highest BCUT2D eigenvalue weighted by molar-refractivity contribution is 5.47. The molecule has 8 aliphatic rings. The number of aliphatic hydroxyl groups is 2. The number of rotatable bonds is 14. The summed E-state index contributed by atoms with van der Waals surface area (Å²) in [6.07, 6.45) is 25.3. The normalized spacial score (nSPS) is 34.2. The molecule has 2 aliphatic heterocycles. The maximum atomic E-state index is 10.9. The minimum absolute atomic E-state index is 0.302. The zero-order valence-corrected chi connectivity index (χ0v) is 33.8. The second kappa shape index (κ2) is 15.6. The molecule has 2 saturated heterocycles. The molecule has 4 bridgehead atoms. The summed E-state index contributed by atoms with van der Waals surface area (Å²) in [6.45, 7) is 5.76. The van der Waals surface area contributed by atoms with Crippen molar-refractivity contribution in [2.75, 3.05) is 39.4 Å². The van der Waals surface area contributed by atoms with E-state index in [4.69, 9.17) is 9.47 Å². The van der Waals surface area contributed by atoms with Crippen molar-refractivity contribution in [2.45, 2.75) is 170 Å². The van der Waals surface area contributed by atoms with Crippen molar-refractivity contribution in [1.82, 2.24) is 9.80 Å². The van der Waals surface area contributed by atoms with Gasteiger partial charge in [0.15, 0.2) is 0 Å². The zero-order valence-electron chi connectivity index (χ0n) is 33.8. The SMILES string of the molecule is OC(CCCC(O)COc1ccc2c(c1)[C@@]13CCCC[C@H]1[C@@H](C2)N(CC1CCC1)CC3)COc1ccc2c(c1)[C@@]13CCCC[C@H]1[C@@H](C2)N(CC1CCC1)CC3. The van der Waals surface area contributed by atoms with E-state index in [0.717, 1.165) is 41.6 Å². The lowest BCUT2D eigenvalue weighted by Gasteiger charge is -2.59. The number of nitrogens with zero attached hydrogens (tertiary/aromatic N) is 2. The van der Waals surface area contributed by atoms with Gasteiger partial charge in [-0.2, -0.15) is 0 Å². The molecule has 2 N–H and O–H groups in total. The minimum Gasteiger partial charge on any atom is -0.491 e. The average Bonchev–Trinajstić information content (AvgIpc) is 3.17. The topological polar surface area (TPSA) is 65.4 Å². The van der Waals surface area contributed by atoms with E-state index in [1.807, 2.05) is 0 Å². The largest absolute Gasteiger partial charge is 0.491 e. The summed E-state index contributed by atoms with van der Waals surface area (Å²) in [5, 5.41) is 21.9. The van der Waals surface area contributed by atoms with Crippen LogP contribution in [-0.4, -0.2) is 83.7 Å². The number of fused-ring (bicyclic) bond motifs is 2. The monoisotopic (exact) mass is 751 g/mol. The van der Waals surface area contributed by atoms with E-state index in [-0.39, 0.29) is 0 Å². The van der Waals surface area contributed by atoms with Crippen LogP contribution in [0.25, 0.3) is 0 Å². The van der Waals surface area contributed by atoms with Gasteiger partial charge in [0.05, 0.1) is 12.2 Å². The summed E-state index contributed by atoms with van der Waals surface area (Å²) < 4.78 is 12.6. The van der Waals surface area contributed by atoms with Gasteiger partial charge in [-0.25, -0.2) is 0 Å². The standard InChI is InChI=1S/C49H70N2O4/c52-38(32-54-40-18-16-36-26-46-42-14-1-3-20-48(42,44(36)28-40)22-24-50(46)30-34-8-5-9-34)12-7-13-39(53)33-55-41-19-17-37-27-47-43-15-2-4-21-49(43,45(37)29-41)23-25-51(47)31-35-10-6-11-35/h16-19,28-29,34-35,38-39,42-43,46-47,52-53H,1-15,20-27,30-33H2/t38?,39?,42-,43-,46+,47+,48+,49+/m0/s1. The Labute approximate surface area is 331 Å². The van der Waals surface area contributed by atoms with Gasteiger partial charge in [0.1, 0.15) is 24.7 Å². The summed E-state index contributed by atoms with van der Waals surface area (Å²) in [5.41, 5.74) is 6.86. The van der Waals surface area contributed by atoms with Crippen LogP contribution in [0.15, 0.2) is 36.4 Å². The van der Waals surface area contributed by atoms with Crippen molar-refractivity contribution in [3.8, 4) is 11.5 Å². The van der Waals surface area contributed by atoms with Crippen molar-refractivity contribution in [2.24, 2.45) is 23.7 Å². The van der Waals surface area contributed by atoms with E-state index in [1.165, 1.54) is 142 Å². The summed E-state index contributed by atoms with van der Waals surface area (Å²) in [5.74, 6) is 5.27. The molecule has 55 heavy (non-hydrogen) atoms. The molecule has 6 heteroatoms. The smallest absolute Gasteiger partial charge is 0.119 e. The third-order valence-corrected chi connectivity index (χ3v) is 17.2. The first-order valence-corrected chi connectivity index (χ1v) is 23.3. The first kappa shape index (κ1) is 37.2. The predicted molar refractivity (Wildman–Crippen MR) is 219 cm³/mol. The fourth-order valence-electron chi connectivity index (χ4n) is 13.9. The van der Waals surface area contributed by atoms with E-state index in [9.17, 15) is 10.2 Å². The van der Waals surface area contributed by atoms with Gasteiger partial charge in [0.2, 0.25) is 0 Å². The molecule has 2 aromatic carbocycles. The number of piperidine rings is 2. The number of likely N-dealkylation sites (tertiary alicyclic amines) is 2. The summed E-state index contributed by atoms with van der Waals surface area (Å²) >= 11 is 0. The molecule has 0 spiro atoms. The highest BCUT2D eigenvalue weighted by Gasteiger charge is 2.55. The summed E-state index contributed by atoms with van der Waals surface area (Å²) in [4.78, 5) is 5.80. The number of ether oxygens (including phenoxy) is 2. The second-order valence-electron chi connectivity index (χ2n) is 20.1. The Bertz CT molecular complexity index is 1540. The van der Waals surface area contributed by atoms with Crippen molar-refractivity contribution in [1.29, 1.82) is 0 Å². The third kappa shape index (κ3) is 6.99. The van der Waals surface area contributed by atoms with E-state index in [2.05, 4.69) is 46.2 Å². The molecule has 6 fully saturated rings. The van der Waals surface area contributed by atoms with E-state index in [0.29, 0.717) is 49.0 Å². The van der Waals surface area contributed by atoms with E-state index < -0.39 is 12.2 Å². The number of hydrogen-bond acceptors (Lipinski definition) is 6. The molecule has 6 nitrogen and oxygen atoms in total. The molecule has 2 heterocycles. The van der Waals surface area contributed by atoms with E-state index in [1.54, 1.807) is 22.3 Å². The van der Waals surface area contributed by atoms with Crippen LogP contribution in [-0.2, 0) is 23.7 Å². The zero-order chi connectivity index (χ0) is 37.0. The van der Waals surface area contributed by atoms with Crippen molar-refractivity contribution < 1.29 is 19.7 Å². The van der Waals surface area contributed by atoms with Crippen molar-refractivity contribution in [3.63, 3.8) is 0 Å². The molecule has 2 aromatic rings. The molecule has 2 unspecified atom stereocenters. The number of aliphatic hydroxyl groups excluding tert-OH is 2. The number of benzene rings is 2. The van der Waals surface area contributed by atoms with Crippen LogP contribution >= 0.6 is 0 Å². The van der Waals surface area contributed by atoms with Gasteiger partial charge in [-0.05, 0) is 180 Å². The van der Waals surface area contributed by atoms with Crippen LogP contribution in [0.1, 0.15) is 144 Å². The molecular weight excluding hydrogens is 681 g/mol. The minimum atomic E-state index is -0.545. The lowest BCUT2D eigenvalue weighted by Crippen LogP contribution is -2.61. The van der Waals surface area contributed by atoms with Crippen LogP contribution in [0.5, 0.6) is 11.5 Å². The third-order valence-electron chi connectivity index (χ3n) is 17.2. The Morgan fingerprint density at radius 2 is 1.05 bits per heavy atom. The summed E-state index contributed by atoms with van der Waals surface area (Å²) in [7, 11) is 0. The maximum Gasteiger partial charge on any atom is 0.119 e. The number of hydrogen-bond donors (Lipinski definition) is 2. The van der Waals surface area contributed by atoms with Crippen LogP contribution < -0.4 is 9.47 Å². The van der Waals surface area contributed by atoms with Crippen molar-refractivity contribution in [3.05, 3.63) is 58.7 Å². The van der Waals surface area contributed by atoms with Crippen LogP contribution in [0.2, 0.25) is 0 Å². The Morgan fingerprint density at radius 1 is 0.582 bits per heavy atom. The predicted octanol–water partition coefficient (Wildman–Crippen LogP) is 8.75. The summed E-state index contributed by atoms with van der Waals surface area (Å²) in [6, 6.07) is 15.2. The lowest BCUT2D eigenvalue weighted by molar-refractivity contribution is -0.0241. The molecule has 300 valence electrons. The van der Waals surface area contributed by atoms with Gasteiger partial charge in [0.25, 0.3) is 0 Å². The molecular formula is C49H70N2O4. The van der Waals surface area contributed by atoms with E-state index >= 15 is 0 Å². The lowest BCUT2D eigenvalue weighted by atomic mass is 9.52. The molecule has 0 aromatic heterocycles. The Kier molecular flexibility index (Phi) is 10.5. The quantitative estimate of drug-likeness (QED) is 0.202. The first-order chi connectivity index (χ1) is 27.0. The fourth-order valence-corrected chi connectivity index (χ4v) is 13.9. The molecule has 0 radical (unpaired) electrons. The van der Waals surface area contributed by atoms with Gasteiger partial charge in [-0.1, -0.05) is 50.7 Å². The van der Waals surface area contributed by atoms with Crippen LogP contribution in [0.3, 0.4) is 0 Å². The van der Waals surface area contributed by atoms with Gasteiger partial charge in [-0.15, -0.1) is 0 Å². The Balaban J connectivity index is 0.706. The van der Waals surface area contributed by atoms with Gasteiger partial charge in [-0.3, -0.25) is 9.80 Å². The Hall–Kier alpha value is -2.12. The van der Waals surface area contributed by atoms with Crippen LogP contribution in [0.4, 0.5) is 0 Å². The molecule has 8 atom stereocenters. The van der Waals surface area contributed by atoms with Gasteiger partial charge >= 0.3 is 0 Å². The maximum absolute atomic E-state index is 10.9. The molecule has 0 amide bonds. The van der Waals surface area contributed by atoms with Crippen LogP contribution in [0, 0.1) is 23.7 Å². The van der Waals surface area contributed by atoms with Gasteiger partial charge < -0.3 is 19.7 Å². The average molecular weight is 751 g/mol. The fraction of sp³-hybridized carbons (Fsp3) is 0.755. The Morgan fingerprint density at radius 3 is 1.49 bits per heavy atom. The second-order valence-corrected chi connectivity index (χ2v) is 20.1. The van der Waals surface area contributed by atoms with Gasteiger partial charge in [0, 0.05) is 36.0 Å². The highest BCUT2D eigenvalue weighted by Crippen LogP contribution is 2.58. The highest BCUT2D eigenvalue weighted by atomic mass is 16.5. The molecule has 4 saturated carbocycles.